The van der Waals surface area contributed by atoms with Crippen molar-refractivity contribution in [2.45, 2.75) is 32.2 Å². The number of rotatable bonds is 6. The minimum absolute atomic E-state index is 0.189. The molecule has 6 heteroatoms. The number of anilines is 2. The Balaban J connectivity index is 2.52. The summed E-state index contributed by atoms with van der Waals surface area (Å²) in [7, 11) is 1.54. The van der Waals surface area contributed by atoms with Gasteiger partial charge >= 0.3 is 6.03 Å². The van der Waals surface area contributed by atoms with E-state index in [9.17, 15) is 9.59 Å². The van der Waals surface area contributed by atoms with E-state index in [0.717, 1.165) is 12.8 Å². The van der Waals surface area contributed by atoms with Crippen molar-refractivity contribution >= 4 is 23.3 Å². The van der Waals surface area contributed by atoms with Gasteiger partial charge in [0.05, 0.1) is 6.04 Å². The summed E-state index contributed by atoms with van der Waals surface area (Å²) in [6, 6.07) is 6.08. The zero-order chi connectivity index (χ0) is 15.0. The number of carbonyl (C=O) groups excluding carboxylic acids is 2. The Labute approximate surface area is 119 Å². The van der Waals surface area contributed by atoms with Crippen molar-refractivity contribution in [2.75, 3.05) is 17.7 Å². The first-order valence-corrected chi connectivity index (χ1v) is 6.72. The molecule has 1 rings (SSSR count). The second-order valence-electron chi connectivity index (χ2n) is 4.52. The van der Waals surface area contributed by atoms with Crippen LogP contribution in [0.1, 0.15) is 26.2 Å². The second kappa shape index (κ2) is 8.16. The highest BCUT2D eigenvalue weighted by molar-refractivity contribution is 5.95. The molecular formula is C14H22N4O2. The average Bonchev–Trinajstić information content (AvgIpc) is 2.46. The predicted octanol–water partition coefficient (Wildman–Crippen LogP) is 1.89. The van der Waals surface area contributed by atoms with Crippen LogP contribution in [-0.4, -0.2) is 25.0 Å². The minimum Gasteiger partial charge on any atom is -0.341 e. The van der Waals surface area contributed by atoms with Crippen molar-refractivity contribution in [3.63, 3.8) is 0 Å². The van der Waals surface area contributed by atoms with E-state index in [1.807, 2.05) is 0 Å². The molecular weight excluding hydrogens is 256 g/mol. The molecule has 0 fully saturated rings. The van der Waals surface area contributed by atoms with Crippen LogP contribution in [0.5, 0.6) is 0 Å². The molecule has 0 unspecified atom stereocenters. The van der Waals surface area contributed by atoms with Crippen molar-refractivity contribution in [3.8, 4) is 0 Å². The Morgan fingerprint density at radius 3 is 2.20 bits per heavy atom. The van der Waals surface area contributed by atoms with E-state index in [0.29, 0.717) is 17.8 Å². The summed E-state index contributed by atoms with van der Waals surface area (Å²) in [4.78, 5) is 22.9. The first-order chi connectivity index (χ1) is 9.56. The lowest BCUT2D eigenvalue weighted by Crippen LogP contribution is -2.35. The molecule has 3 amide bonds. The highest BCUT2D eigenvalue weighted by atomic mass is 16.2. The van der Waals surface area contributed by atoms with Crippen LogP contribution in [0.3, 0.4) is 0 Å². The van der Waals surface area contributed by atoms with Crippen molar-refractivity contribution in [1.82, 2.24) is 5.32 Å². The molecule has 5 N–H and O–H groups in total. The summed E-state index contributed by atoms with van der Waals surface area (Å²) in [5.41, 5.74) is 7.10. The molecule has 0 saturated heterocycles. The monoisotopic (exact) mass is 278 g/mol. The van der Waals surface area contributed by atoms with Gasteiger partial charge in [-0.05, 0) is 30.7 Å². The van der Waals surface area contributed by atoms with E-state index >= 15 is 0 Å². The number of carbonyl (C=O) groups is 2. The molecule has 0 spiro atoms. The molecule has 0 heterocycles. The fourth-order valence-corrected chi connectivity index (χ4v) is 1.62. The van der Waals surface area contributed by atoms with Gasteiger partial charge in [-0.15, -0.1) is 0 Å². The van der Waals surface area contributed by atoms with E-state index < -0.39 is 6.04 Å². The molecule has 1 aromatic carbocycles. The Morgan fingerprint density at radius 1 is 1.15 bits per heavy atom. The van der Waals surface area contributed by atoms with Gasteiger partial charge in [0, 0.05) is 18.4 Å². The molecule has 0 aliphatic heterocycles. The van der Waals surface area contributed by atoms with Crippen LogP contribution in [0.4, 0.5) is 16.2 Å². The molecule has 1 aromatic rings. The molecule has 6 nitrogen and oxygen atoms in total. The van der Waals surface area contributed by atoms with E-state index in [2.05, 4.69) is 22.9 Å². The fraction of sp³-hybridized carbons (Fsp3) is 0.429. The van der Waals surface area contributed by atoms with Gasteiger partial charge in [0.1, 0.15) is 0 Å². The van der Waals surface area contributed by atoms with E-state index in [-0.39, 0.29) is 11.9 Å². The van der Waals surface area contributed by atoms with Gasteiger partial charge < -0.3 is 21.7 Å². The summed E-state index contributed by atoms with van der Waals surface area (Å²) in [5.74, 6) is -0.189. The Morgan fingerprint density at radius 2 is 1.70 bits per heavy atom. The van der Waals surface area contributed by atoms with Crippen LogP contribution in [0.25, 0.3) is 0 Å². The molecule has 1 atom stereocenters. The van der Waals surface area contributed by atoms with E-state index in [4.69, 9.17) is 5.73 Å². The predicted molar refractivity (Wildman–Crippen MR) is 80.7 cm³/mol. The number of benzene rings is 1. The van der Waals surface area contributed by atoms with Gasteiger partial charge in [-0.2, -0.15) is 0 Å². The van der Waals surface area contributed by atoms with E-state index in [1.165, 1.54) is 0 Å². The SMILES string of the molecule is CCCC[C@H](N)C(=O)Nc1ccc(NC(=O)NC)cc1. The quantitative estimate of drug-likeness (QED) is 0.640. The highest BCUT2D eigenvalue weighted by Gasteiger charge is 2.12. The molecule has 110 valence electrons. The number of urea groups is 1. The maximum Gasteiger partial charge on any atom is 0.318 e. The lowest BCUT2D eigenvalue weighted by Gasteiger charge is -2.12. The standard InChI is InChI=1S/C14H22N4O2/c1-3-4-5-12(15)13(19)17-10-6-8-11(9-7-10)18-14(20)16-2/h6-9,12H,3-5,15H2,1-2H3,(H,17,19)(H2,16,18,20)/t12-/m0/s1. The van der Waals surface area contributed by atoms with E-state index in [1.54, 1.807) is 31.3 Å². The first kappa shape index (κ1) is 16.0. The van der Waals surface area contributed by atoms with Gasteiger partial charge in [-0.25, -0.2) is 4.79 Å². The number of amides is 3. The molecule has 0 aromatic heterocycles. The smallest absolute Gasteiger partial charge is 0.318 e. The van der Waals surface area contributed by atoms with Crippen LogP contribution < -0.4 is 21.7 Å². The third-order valence-electron chi connectivity index (χ3n) is 2.84. The number of nitrogens with one attached hydrogen (secondary N) is 3. The first-order valence-electron chi connectivity index (χ1n) is 6.72. The Bertz CT molecular complexity index is 445. The highest BCUT2D eigenvalue weighted by Crippen LogP contribution is 2.14. The second-order valence-corrected chi connectivity index (χ2v) is 4.52. The van der Waals surface area contributed by atoms with Crippen LogP contribution in [-0.2, 0) is 4.79 Å². The largest absolute Gasteiger partial charge is 0.341 e. The van der Waals surface area contributed by atoms with Gasteiger partial charge in [0.15, 0.2) is 0 Å². The lowest BCUT2D eigenvalue weighted by molar-refractivity contribution is -0.117. The lowest BCUT2D eigenvalue weighted by atomic mass is 10.1. The van der Waals surface area contributed by atoms with Crippen molar-refractivity contribution in [3.05, 3.63) is 24.3 Å². The topological polar surface area (TPSA) is 96.2 Å². The summed E-state index contributed by atoms with van der Waals surface area (Å²) in [5, 5.41) is 7.85. The van der Waals surface area contributed by atoms with Crippen LogP contribution in [0.2, 0.25) is 0 Å². The zero-order valence-corrected chi connectivity index (χ0v) is 11.9. The Kier molecular flexibility index (Phi) is 6.52. The molecule has 0 saturated carbocycles. The molecule has 0 aliphatic carbocycles. The number of hydrogen-bond acceptors (Lipinski definition) is 3. The summed E-state index contributed by atoms with van der Waals surface area (Å²) in [6.45, 7) is 2.06. The van der Waals surface area contributed by atoms with Crippen molar-refractivity contribution in [1.29, 1.82) is 0 Å². The molecule has 0 radical (unpaired) electrons. The van der Waals surface area contributed by atoms with Crippen LogP contribution in [0, 0.1) is 0 Å². The number of unbranched alkanes of at least 4 members (excludes halogenated alkanes) is 1. The van der Waals surface area contributed by atoms with Gasteiger partial charge in [0.2, 0.25) is 5.91 Å². The number of nitrogens with two attached hydrogens (primary N) is 1. The van der Waals surface area contributed by atoms with Gasteiger partial charge in [-0.3, -0.25) is 4.79 Å². The van der Waals surface area contributed by atoms with Gasteiger partial charge in [0.25, 0.3) is 0 Å². The average molecular weight is 278 g/mol. The fourth-order valence-electron chi connectivity index (χ4n) is 1.62. The molecule has 0 aliphatic rings. The molecule has 20 heavy (non-hydrogen) atoms. The maximum absolute atomic E-state index is 11.8. The third kappa shape index (κ3) is 5.27. The summed E-state index contributed by atoms with van der Waals surface area (Å²) < 4.78 is 0. The van der Waals surface area contributed by atoms with Crippen molar-refractivity contribution < 1.29 is 9.59 Å². The summed E-state index contributed by atoms with van der Waals surface area (Å²) in [6.07, 6.45) is 2.63. The maximum atomic E-state index is 11.8. The van der Waals surface area contributed by atoms with Crippen LogP contribution in [0.15, 0.2) is 24.3 Å². The normalized spacial score (nSPS) is 11.6. The summed E-state index contributed by atoms with van der Waals surface area (Å²) >= 11 is 0. The zero-order valence-electron chi connectivity index (χ0n) is 11.9. The van der Waals surface area contributed by atoms with Gasteiger partial charge in [-0.1, -0.05) is 19.8 Å². The molecule has 0 bridgehead atoms. The van der Waals surface area contributed by atoms with Crippen LogP contribution >= 0.6 is 0 Å². The third-order valence-corrected chi connectivity index (χ3v) is 2.84. The Hall–Kier alpha value is -2.08. The van der Waals surface area contributed by atoms with Crippen molar-refractivity contribution in [2.24, 2.45) is 5.73 Å². The number of hydrogen-bond donors (Lipinski definition) is 4. The minimum atomic E-state index is -0.487.